The Hall–Kier alpha value is 0.100. The third-order valence-electron chi connectivity index (χ3n) is 1.39. The SMILES string of the molecule is CCC1COP(OCC(F)(F)F)O1. The summed E-state index contributed by atoms with van der Waals surface area (Å²) in [6, 6.07) is 0. The topological polar surface area (TPSA) is 27.7 Å². The summed E-state index contributed by atoms with van der Waals surface area (Å²) in [5.41, 5.74) is 0. The summed E-state index contributed by atoms with van der Waals surface area (Å²) in [7, 11) is -1.77. The normalized spacial score (nSPS) is 29.5. The molecule has 0 saturated carbocycles. The molecule has 1 saturated heterocycles. The van der Waals surface area contributed by atoms with E-state index in [1.54, 1.807) is 0 Å². The Kier molecular flexibility index (Phi) is 3.91. The Morgan fingerprint density at radius 3 is 2.69 bits per heavy atom. The highest BCUT2D eigenvalue weighted by molar-refractivity contribution is 7.42. The highest BCUT2D eigenvalue weighted by Crippen LogP contribution is 2.47. The Labute approximate surface area is 75.2 Å². The lowest BCUT2D eigenvalue weighted by Gasteiger charge is -2.10. The molecule has 0 aromatic rings. The van der Waals surface area contributed by atoms with Gasteiger partial charge in [-0.15, -0.1) is 0 Å². The lowest BCUT2D eigenvalue weighted by molar-refractivity contribution is -0.154. The van der Waals surface area contributed by atoms with Crippen molar-refractivity contribution in [1.29, 1.82) is 0 Å². The molecule has 1 aliphatic rings. The molecule has 78 valence electrons. The van der Waals surface area contributed by atoms with Crippen LogP contribution in [0, 0.1) is 0 Å². The fraction of sp³-hybridized carbons (Fsp3) is 1.00. The van der Waals surface area contributed by atoms with Gasteiger partial charge in [-0.3, -0.25) is 0 Å². The van der Waals surface area contributed by atoms with Gasteiger partial charge in [0, 0.05) is 0 Å². The van der Waals surface area contributed by atoms with E-state index in [2.05, 4.69) is 4.52 Å². The van der Waals surface area contributed by atoms with Gasteiger partial charge in [0.15, 0.2) is 6.61 Å². The molecule has 0 spiro atoms. The van der Waals surface area contributed by atoms with Crippen LogP contribution in [0.25, 0.3) is 0 Å². The maximum atomic E-state index is 11.7. The van der Waals surface area contributed by atoms with E-state index in [9.17, 15) is 13.2 Å². The minimum atomic E-state index is -4.32. The highest BCUT2D eigenvalue weighted by Gasteiger charge is 2.34. The van der Waals surface area contributed by atoms with Crippen molar-refractivity contribution in [2.24, 2.45) is 0 Å². The van der Waals surface area contributed by atoms with Crippen LogP contribution in [-0.4, -0.2) is 25.5 Å². The Balaban J connectivity index is 2.17. The summed E-state index contributed by atoms with van der Waals surface area (Å²) < 4.78 is 49.3. The van der Waals surface area contributed by atoms with Gasteiger partial charge in [0.05, 0.1) is 12.7 Å². The predicted molar refractivity (Wildman–Crippen MR) is 40.0 cm³/mol. The quantitative estimate of drug-likeness (QED) is 0.681. The van der Waals surface area contributed by atoms with Crippen molar-refractivity contribution < 1.29 is 26.7 Å². The molecule has 0 N–H and O–H groups in total. The van der Waals surface area contributed by atoms with Crippen molar-refractivity contribution in [3.63, 3.8) is 0 Å². The molecule has 0 amide bonds. The van der Waals surface area contributed by atoms with Crippen LogP contribution in [0.3, 0.4) is 0 Å². The van der Waals surface area contributed by atoms with Gasteiger partial charge in [-0.05, 0) is 6.42 Å². The zero-order chi connectivity index (χ0) is 9.90. The second kappa shape index (κ2) is 4.55. The molecule has 0 radical (unpaired) electrons. The van der Waals surface area contributed by atoms with Gasteiger partial charge < -0.3 is 13.6 Å². The van der Waals surface area contributed by atoms with Crippen molar-refractivity contribution in [3.05, 3.63) is 0 Å². The van der Waals surface area contributed by atoms with E-state index in [4.69, 9.17) is 9.05 Å². The Morgan fingerprint density at radius 1 is 1.54 bits per heavy atom. The molecule has 1 rings (SSSR count). The molecule has 3 nitrogen and oxygen atoms in total. The molecule has 13 heavy (non-hydrogen) atoms. The van der Waals surface area contributed by atoms with Crippen molar-refractivity contribution in [2.45, 2.75) is 25.6 Å². The molecule has 1 aliphatic heterocycles. The summed E-state index contributed by atoms with van der Waals surface area (Å²) in [6.07, 6.45) is -3.73. The van der Waals surface area contributed by atoms with Crippen LogP contribution in [0.1, 0.15) is 13.3 Å². The van der Waals surface area contributed by atoms with E-state index < -0.39 is 21.4 Å². The smallest absolute Gasteiger partial charge is 0.309 e. The van der Waals surface area contributed by atoms with Crippen molar-refractivity contribution in [2.75, 3.05) is 13.2 Å². The number of hydrogen-bond acceptors (Lipinski definition) is 3. The third-order valence-corrected chi connectivity index (χ3v) is 2.56. The molecule has 1 fully saturated rings. The highest BCUT2D eigenvalue weighted by atomic mass is 31.2. The van der Waals surface area contributed by atoms with Gasteiger partial charge >= 0.3 is 14.8 Å². The predicted octanol–water partition coefficient (Wildman–Crippen LogP) is 2.62. The first-order valence-electron chi connectivity index (χ1n) is 3.80. The average Bonchev–Trinajstić information content (AvgIpc) is 2.47. The molecule has 2 unspecified atom stereocenters. The Bertz CT molecular complexity index is 164. The number of halogens is 3. The van der Waals surface area contributed by atoms with Crippen molar-refractivity contribution in [3.8, 4) is 0 Å². The lowest BCUT2D eigenvalue weighted by atomic mass is 10.3. The zero-order valence-corrected chi connectivity index (χ0v) is 7.90. The standard InChI is InChI=1S/C6H10F3O3P/c1-2-5-3-10-13(12-5)11-4-6(7,8)9/h5H,2-4H2,1H3. The van der Waals surface area contributed by atoms with Crippen LogP contribution < -0.4 is 0 Å². The van der Waals surface area contributed by atoms with E-state index >= 15 is 0 Å². The lowest BCUT2D eigenvalue weighted by Crippen LogP contribution is -2.15. The van der Waals surface area contributed by atoms with Crippen LogP contribution in [0.4, 0.5) is 13.2 Å². The first kappa shape index (κ1) is 11.2. The van der Waals surface area contributed by atoms with Crippen LogP contribution in [0.2, 0.25) is 0 Å². The van der Waals surface area contributed by atoms with Crippen molar-refractivity contribution in [1.82, 2.24) is 0 Å². The zero-order valence-electron chi connectivity index (χ0n) is 7.00. The largest absolute Gasteiger partial charge is 0.412 e. The summed E-state index contributed by atoms with van der Waals surface area (Å²) >= 11 is 0. The Morgan fingerprint density at radius 2 is 2.23 bits per heavy atom. The average molecular weight is 218 g/mol. The van der Waals surface area contributed by atoms with E-state index in [1.165, 1.54) is 0 Å². The van der Waals surface area contributed by atoms with Crippen LogP contribution in [-0.2, 0) is 13.6 Å². The molecular weight excluding hydrogens is 208 g/mol. The molecule has 0 aromatic heterocycles. The second-order valence-electron chi connectivity index (χ2n) is 2.54. The fourth-order valence-corrected chi connectivity index (χ4v) is 1.90. The first-order chi connectivity index (χ1) is 6.01. The molecule has 0 bridgehead atoms. The van der Waals surface area contributed by atoms with Gasteiger partial charge in [0.1, 0.15) is 0 Å². The summed E-state index contributed by atoms with van der Waals surface area (Å²) in [5.74, 6) is 0. The fourth-order valence-electron chi connectivity index (χ4n) is 0.713. The monoisotopic (exact) mass is 218 g/mol. The van der Waals surface area contributed by atoms with Gasteiger partial charge in [-0.25, -0.2) is 0 Å². The molecule has 2 atom stereocenters. The minimum Gasteiger partial charge on any atom is -0.309 e. The van der Waals surface area contributed by atoms with Gasteiger partial charge in [0.25, 0.3) is 0 Å². The maximum Gasteiger partial charge on any atom is 0.412 e. The second-order valence-corrected chi connectivity index (χ2v) is 3.72. The third kappa shape index (κ3) is 4.22. The first-order valence-corrected chi connectivity index (χ1v) is 4.90. The van der Waals surface area contributed by atoms with Crippen molar-refractivity contribution >= 4 is 8.60 Å². The number of rotatable bonds is 3. The molecule has 0 aliphatic carbocycles. The van der Waals surface area contributed by atoms with Crippen LogP contribution in [0.5, 0.6) is 0 Å². The number of alkyl halides is 3. The summed E-state index contributed by atoms with van der Waals surface area (Å²) in [5, 5.41) is 0. The van der Waals surface area contributed by atoms with E-state index in [0.29, 0.717) is 13.0 Å². The van der Waals surface area contributed by atoms with Gasteiger partial charge in [-0.2, -0.15) is 13.2 Å². The number of hydrogen-bond donors (Lipinski definition) is 0. The molecule has 0 aromatic carbocycles. The van der Waals surface area contributed by atoms with E-state index in [-0.39, 0.29) is 6.10 Å². The summed E-state index contributed by atoms with van der Waals surface area (Å²) in [4.78, 5) is 0. The van der Waals surface area contributed by atoms with E-state index in [1.807, 2.05) is 6.92 Å². The van der Waals surface area contributed by atoms with Crippen LogP contribution >= 0.6 is 8.60 Å². The minimum absolute atomic E-state index is 0.126. The van der Waals surface area contributed by atoms with Gasteiger partial charge in [0.2, 0.25) is 0 Å². The molecular formula is C6H10F3O3P. The van der Waals surface area contributed by atoms with Gasteiger partial charge in [-0.1, -0.05) is 6.92 Å². The van der Waals surface area contributed by atoms with E-state index in [0.717, 1.165) is 0 Å². The maximum absolute atomic E-state index is 11.7. The molecule has 7 heteroatoms. The van der Waals surface area contributed by atoms with Crippen LogP contribution in [0.15, 0.2) is 0 Å². The summed E-state index contributed by atoms with van der Waals surface area (Å²) in [6.45, 7) is 0.881. The molecule has 1 heterocycles.